The molecule has 1 heterocycles. The van der Waals surface area contributed by atoms with Crippen molar-refractivity contribution in [1.82, 2.24) is 0 Å². The molecule has 0 fully saturated rings. The molecule has 0 aliphatic carbocycles. The Balaban J connectivity index is 1.48. The zero-order valence-electron chi connectivity index (χ0n) is 17.5. The molecule has 0 amide bonds. The van der Waals surface area contributed by atoms with Gasteiger partial charge < -0.3 is 14.2 Å². The molecule has 0 aromatic heterocycles. The molecular formula is C25H31NO3. The number of benzene rings is 2. The highest BCUT2D eigenvalue weighted by Crippen LogP contribution is 2.20. The molecule has 0 saturated carbocycles. The average molecular weight is 394 g/mol. The number of nitrogens with zero attached hydrogens (tertiary/aromatic N) is 1. The van der Waals surface area contributed by atoms with Crippen LogP contribution < -0.4 is 9.47 Å². The van der Waals surface area contributed by atoms with E-state index in [0.29, 0.717) is 13.2 Å². The predicted octanol–water partition coefficient (Wildman–Crippen LogP) is 6.12. The zero-order chi connectivity index (χ0) is 20.3. The first-order valence-corrected chi connectivity index (χ1v) is 10.5. The summed E-state index contributed by atoms with van der Waals surface area (Å²) in [6.07, 6.45) is 8.78. The van der Waals surface area contributed by atoms with Crippen LogP contribution in [0.25, 0.3) is 0 Å². The fourth-order valence-corrected chi connectivity index (χ4v) is 3.05. The Morgan fingerprint density at radius 1 is 1.00 bits per heavy atom. The molecule has 1 aliphatic heterocycles. The van der Waals surface area contributed by atoms with E-state index in [1.807, 2.05) is 54.7 Å². The van der Waals surface area contributed by atoms with Gasteiger partial charge in [0, 0.05) is 6.21 Å². The zero-order valence-corrected chi connectivity index (χ0v) is 17.5. The molecule has 0 radical (unpaired) electrons. The van der Waals surface area contributed by atoms with Crippen molar-refractivity contribution < 1.29 is 14.2 Å². The van der Waals surface area contributed by atoms with E-state index in [-0.39, 0.29) is 6.10 Å². The lowest BCUT2D eigenvalue weighted by Crippen LogP contribution is -2.28. The van der Waals surface area contributed by atoms with Crippen molar-refractivity contribution >= 4 is 11.9 Å². The molecule has 29 heavy (non-hydrogen) atoms. The Kier molecular flexibility index (Phi) is 8.32. The molecule has 2 aromatic carbocycles. The normalized spacial score (nSPS) is 16.6. The number of hydrogen-bond donors (Lipinski definition) is 0. The minimum Gasteiger partial charge on any atom is -0.494 e. The lowest BCUT2D eigenvalue weighted by molar-refractivity contribution is 0.0681. The van der Waals surface area contributed by atoms with Crippen LogP contribution in [0.15, 0.2) is 65.2 Å². The van der Waals surface area contributed by atoms with Crippen molar-refractivity contribution in [2.24, 2.45) is 4.99 Å². The van der Waals surface area contributed by atoms with Gasteiger partial charge in [-0.25, -0.2) is 0 Å². The third kappa shape index (κ3) is 7.06. The van der Waals surface area contributed by atoms with E-state index in [2.05, 4.69) is 24.9 Å². The van der Waals surface area contributed by atoms with Crippen molar-refractivity contribution in [3.8, 4) is 11.5 Å². The summed E-state index contributed by atoms with van der Waals surface area (Å²) >= 11 is 0. The highest BCUT2D eigenvalue weighted by molar-refractivity contribution is 5.82. The quantitative estimate of drug-likeness (QED) is 0.277. The molecule has 3 rings (SSSR count). The molecule has 1 aliphatic rings. The molecular weight excluding hydrogens is 362 g/mol. The fourth-order valence-electron chi connectivity index (χ4n) is 3.05. The van der Waals surface area contributed by atoms with Gasteiger partial charge in [0.15, 0.2) is 0 Å². The van der Waals surface area contributed by atoms with Gasteiger partial charge in [0.05, 0.1) is 25.5 Å². The second kappa shape index (κ2) is 11.4. The van der Waals surface area contributed by atoms with Gasteiger partial charge in [0.1, 0.15) is 17.6 Å². The smallest absolute Gasteiger partial charge is 0.143 e. The van der Waals surface area contributed by atoms with E-state index in [9.17, 15) is 0 Å². The van der Waals surface area contributed by atoms with E-state index >= 15 is 0 Å². The first-order valence-electron chi connectivity index (χ1n) is 10.5. The van der Waals surface area contributed by atoms with Gasteiger partial charge in [-0.1, -0.05) is 32.3 Å². The van der Waals surface area contributed by atoms with Crippen molar-refractivity contribution in [2.45, 2.75) is 45.6 Å². The van der Waals surface area contributed by atoms with Gasteiger partial charge in [-0.05, 0) is 73.0 Å². The van der Waals surface area contributed by atoms with Crippen LogP contribution in [-0.4, -0.2) is 32.1 Å². The number of aliphatic imine (C=N–C) groups is 1. The topological polar surface area (TPSA) is 40.0 Å². The van der Waals surface area contributed by atoms with Crippen LogP contribution in [0.5, 0.6) is 11.5 Å². The van der Waals surface area contributed by atoms with Gasteiger partial charge in [-0.15, -0.1) is 0 Å². The molecule has 2 aromatic rings. The molecule has 0 unspecified atom stereocenters. The highest BCUT2D eigenvalue weighted by Gasteiger charge is 2.16. The molecule has 1 atom stereocenters. The van der Waals surface area contributed by atoms with Crippen LogP contribution in [0, 0.1) is 0 Å². The van der Waals surface area contributed by atoms with Crippen molar-refractivity contribution in [1.29, 1.82) is 0 Å². The van der Waals surface area contributed by atoms with Crippen LogP contribution >= 0.6 is 0 Å². The number of hydrogen-bond acceptors (Lipinski definition) is 4. The summed E-state index contributed by atoms with van der Waals surface area (Å²) in [5.74, 6) is 1.74. The van der Waals surface area contributed by atoms with Crippen LogP contribution in [0.1, 0.15) is 45.1 Å². The Labute approximate surface area is 174 Å². The van der Waals surface area contributed by atoms with Gasteiger partial charge in [-0.2, -0.15) is 0 Å². The molecule has 0 bridgehead atoms. The summed E-state index contributed by atoms with van der Waals surface area (Å²) < 4.78 is 17.2. The minimum atomic E-state index is -0.00403. The molecule has 4 heteroatoms. The molecule has 4 nitrogen and oxygen atoms in total. The van der Waals surface area contributed by atoms with Gasteiger partial charge >= 0.3 is 0 Å². The summed E-state index contributed by atoms with van der Waals surface area (Å²) in [5.41, 5.74) is 3.15. The van der Waals surface area contributed by atoms with Gasteiger partial charge in [0.2, 0.25) is 0 Å². The number of rotatable bonds is 10. The Bertz CT molecular complexity index is 794. The Morgan fingerprint density at radius 3 is 2.48 bits per heavy atom. The first kappa shape index (κ1) is 21.1. The monoisotopic (exact) mass is 393 g/mol. The molecule has 0 saturated heterocycles. The first-order chi connectivity index (χ1) is 14.2. The molecule has 154 valence electrons. The maximum Gasteiger partial charge on any atom is 0.143 e. The second-order valence-electron chi connectivity index (χ2n) is 7.32. The summed E-state index contributed by atoms with van der Waals surface area (Å²) in [7, 11) is 0. The molecule has 0 N–H and O–H groups in total. The summed E-state index contributed by atoms with van der Waals surface area (Å²) in [6, 6.07) is 15.9. The lowest BCUT2D eigenvalue weighted by atomic mass is 10.1. The third-order valence-electron chi connectivity index (χ3n) is 4.92. The third-order valence-corrected chi connectivity index (χ3v) is 4.92. The Hall–Kier alpha value is -2.59. The van der Waals surface area contributed by atoms with Crippen LogP contribution in [0.4, 0.5) is 5.69 Å². The number of unbranched alkanes of at least 4 members (excludes halogenated alkanes) is 3. The Morgan fingerprint density at radius 2 is 1.76 bits per heavy atom. The minimum absolute atomic E-state index is 0.00403. The summed E-state index contributed by atoms with van der Waals surface area (Å²) in [6.45, 7) is 6.35. The van der Waals surface area contributed by atoms with Gasteiger partial charge in [0.25, 0.3) is 0 Å². The molecule has 0 spiro atoms. The number of ether oxygens (including phenoxy) is 3. The van der Waals surface area contributed by atoms with Crippen molar-refractivity contribution in [3.05, 3.63) is 65.7 Å². The van der Waals surface area contributed by atoms with Crippen LogP contribution in [0.3, 0.4) is 0 Å². The van der Waals surface area contributed by atoms with E-state index in [1.165, 1.54) is 24.8 Å². The van der Waals surface area contributed by atoms with E-state index in [0.717, 1.165) is 35.8 Å². The fraction of sp³-hybridized carbons (Fsp3) is 0.400. The highest BCUT2D eigenvalue weighted by atomic mass is 16.5. The van der Waals surface area contributed by atoms with Crippen LogP contribution in [0.2, 0.25) is 0 Å². The van der Waals surface area contributed by atoms with E-state index in [1.54, 1.807) is 0 Å². The predicted molar refractivity (Wildman–Crippen MR) is 119 cm³/mol. The van der Waals surface area contributed by atoms with E-state index in [4.69, 9.17) is 14.2 Å². The SMILES string of the molecule is CCCCCCOc1ccc(N=Cc2ccc(O[C@H]3COCC=C3C)cc2)cc1. The van der Waals surface area contributed by atoms with Gasteiger partial charge in [-0.3, -0.25) is 4.99 Å². The average Bonchev–Trinajstić information content (AvgIpc) is 2.75. The summed E-state index contributed by atoms with van der Waals surface area (Å²) in [4.78, 5) is 4.55. The maximum atomic E-state index is 6.00. The summed E-state index contributed by atoms with van der Waals surface area (Å²) in [5, 5.41) is 0. The maximum absolute atomic E-state index is 6.00. The second-order valence-corrected chi connectivity index (χ2v) is 7.32. The van der Waals surface area contributed by atoms with Crippen LogP contribution in [-0.2, 0) is 4.74 Å². The largest absolute Gasteiger partial charge is 0.494 e. The van der Waals surface area contributed by atoms with Crippen molar-refractivity contribution in [2.75, 3.05) is 19.8 Å². The van der Waals surface area contributed by atoms with Crippen molar-refractivity contribution in [3.63, 3.8) is 0 Å². The standard InChI is InChI=1S/C25H31NO3/c1-3-4-5-6-16-28-23-13-9-22(10-14-23)26-18-21-7-11-24(12-8-21)29-25-19-27-17-15-20(25)2/h7-15,18,25H,3-6,16-17,19H2,1-2H3/t25-/m0/s1. The lowest BCUT2D eigenvalue weighted by Gasteiger charge is -2.23. The van der Waals surface area contributed by atoms with E-state index < -0.39 is 0 Å².